The predicted octanol–water partition coefficient (Wildman–Crippen LogP) is 15.5. The summed E-state index contributed by atoms with van der Waals surface area (Å²) in [6.45, 7) is 0. The van der Waals surface area contributed by atoms with Crippen LogP contribution in [0.4, 0.5) is 13.2 Å². The van der Waals surface area contributed by atoms with Gasteiger partial charge in [0.2, 0.25) is 0 Å². The molecule has 11 rings (SSSR count). The van der Waals surface area contributed by atoms with E-state index in [1.165, 1.54) is 21.9 Å². The molecule has 0 aliphatic carbocycles. The Kier molecular flexibility index (Phi) is 7.30. The average molecular weight is 739 g/mol. The van der Waals surface area contributed by atoms with E-state index in [2.05, 4.69) is 121 Å². The van der Waals surface area contributed by atoms with Gasteiger partial charge in [-0.2, -0.15) is 13.2 Å². The monoisotopic (exact) mass is 738 g/mol. The van der Waals surface area contributed by atoms with E-state index >= 15 is 0 Å². The molecule has 0 aliphatic heterocycles. The third-order valence-electron chi connectivity index (χ3n) is 11.3. The fourth-order valence-corrected chi connectivity index (χ4v) is 8.86. The summed E-state index contributed by atoms with van der Waals surface area (Å²) >= 11 is 0. The van der Waals surface area contributed by atoms with Crippen LogP contribution in [-0.2, 0) is 6.18 Å². The topological polar surface area (TPSA) is 13.1 Å². The van der Waals surface area contributed by atoms with Gasteiger partial charge in [-0.3, -0.25) is 0 Å². The molecule has 0 saturated carbocycles. The number of hydrogen-bond acceptors (Lipinski definition) is 1. The van der Waals surface area contributed by atoms with Gasteiger partial charge in [-0.05, 0) is 113 Å². The van der Waals surface area contributed by atoms with Gasteiger partial charge in [-0.25, -0.2) is 0 Å². The fraction of sp³-hybridized carbons (Fsp3) is 0.0189. The van der Waals surface area contributed by atoms with Crippen LogP contribution in [0, 0.1) is 12.1 Å². The molecule has 0 aliphatic rings. The van der Waals surface area contributed by atoms with Gasteiger partial charge in [0.25, 0.3) is 0 Å². The first kappa shape index (κ1) is 33.0. The molecule has 0 unspecified atom stereocenters. The van der Waals surface area contributed by atoms with Gasteiger partial charge in [0, 0.05) is 21.9 Å². The average Bonchev–Trinajstić information content (AvgIpc) is 3.62. The molecule has 0 radical (unpaired) electrons. The molecular weight excluding hydrogens is 710 g/mol. The zero-order valence-corrected chi connectivity index (χ0v) is 30.3. The third-order valence-corrected chi connectivity index (χ3v) is 11.3. The normalized spacial score (nSPS) is 12.0. The summed E-state index contributed by atoms with van der Waals surface area (Å²) in [7, 11) is 0. The summed E-state index contributed by atoms with van der Waals surface area (Å²) in [5, 5.41) is 10.5. The molecule has 0 amide bonds. The van der Waals surface area contributed by atoms with Crippen LogP contribution in [0.25, 0.3) is 110 Å². The van der Waals surface area contributed by atoms with Crippen LogP contribution in [0.5, 0.6) is 0 Å². The Morgan fingerprint density at radius 2 is 0.772 bits per heavy atom. The van der Waals surface area contributed by atoms with E-state index in [4.69, 9.17) is 4.42 Å². The lowest BCUT2D eigenvalue weighted by molar-refractivity contribution is -0.137. The molecule has 1 aromatic heterocycles. The highest BCUT2D eigenvalue weighted by molar-refractivity contribution is 6.23. The van der Waals surface area contributed by atoms with Crippen molar-refractivity contribution in [2.24, 2.45) is 0 Å². The summed E-state index contributed by atoms with van der Waals surface area (Å²) in [6, 6.07) is 64.8. The largest absolute Gasteiger partial charge is 0.447 e. The first-order chi connectivity index (χ1) is 27.9. The molecule has 0 N–H and O–H groups in total. The van der Waals surface area contributed by atoms with Crippen LogP contribution >= 0.6 is 0 Å². The van der Waals surface area contributed by atoms with Gasteiger partial charge in [0.05, 0.1) is 5.56 Å². The maximum atomic E-state index is 13.5. The van der Waals surface area contributed by atoms with Crippen molar-refractivity contribution in [3.05, 3.63) is 194 Å². The molecule has 57 heavy (non-hydrogen) atoms. The van der Waals surface area contributed by atoms with E-state index in [1.54, 1.807) is 12.1 Å². The number of furan rings is 1. The van der Waals surface area contributed by atoms with Crippen molar-refractivity contribution >= 4 is 65.0 Å². The smallest absolute Gasteiger partial charge is 0.416 e. The second kappa shape index (κ2) is 12.6. The van der Waals surface area contributed by atoms with Crippen molar-refractivity contribution in [3.8, 4) is 44.5 Å². The second-order valence-corrected chi connectivity index (χ2v) is 14.5. The van der Waals surface area contributed by atoms with E-state index < -0.39 is 11.7 Å². The molecule has 1 nitrogen and oxygen atoms in total. The summed E-state index contributed by atoms with van der Waals surface area (Å²) in [4.78, 5) is 0. The van der Waals surface area contributed by atoms with E-state index in [1.807, 2.05) is 42.5 Å². The Balaban J connectivity index is 1.10. The zero-order chi connectivity index (χ0) is 38.3. The lowest BCUT2D eigenvalue weighted by Gasteiger charge is -2.18. The van der Waals surface area contributed by atoms with E-state index in [9.17, 15) is 13.2 Å². The molecule has 0 fully saturated rings. The summed E-state index contributed by atoms with van der Waals surface area (Å²) in [5.41, 5.74) is 8.78. The van der Waals surface area contributed by atoms with Crippen molar-refractivity contribution in [2.75, 3.05) is 0 Å². The van der Waals surface area contributed by atoms with Gasteiger partial charge in [0.15, 0.2) is 5.58 Å². The lowest BCUT2D eigenvalue weighted by Crippen LogP contribution is -2.04. The quantitative estimate of drug-likeness (QED) is 0.164. The van der Waals surface area contributed by atoms with E-state index in [0.29, 0.717) is 5.58 Å². The molecule has 0 atom stereocenters. The van der Waals surface area contributed by atoms with Gasteiger partial charge in [-0.15, -0.1) is 0 Å². The molecular formula is C53H29F3O. The molecule has 4 heteroatoms. The Hall–Kier alpha value is -7.35. The van der Waals surface area contributed by atoms with E-state index in [-0.39, 0.29) is 0 Å². The summed E-state index contributed by atoms with van der Waals surface area (Å²) in [6.07, 6.45) is -4.41. The van der Waals surface area contributed by atoms with Crippen LogP contribution < -0.4 is 0 Å². The molecule has 10 aromatic carbocycles. The lowest BCUT2D eigenvalue weighted by atomic mass is 9.85. The van der Waals surface area contributed by atoms with Crippen molar-refractivity contribution < 1.29 is 17.6 Å². The van der Waals surface area contributed by atoms with E-state index in [0.717, 1.165) is 94.2 Å². The second-order valence-electron chi connectivity index (χ2n) is 14.5. The van der Waals surface area contributed by atoms with Crippen molar-refractivity contribution in [1.82, 2.24) is 0 Å². The molecule has 0 spiro atoms. The summed E-state index contributed by atoms with van der Waals surface area (Å²) in [5.74, 6) is 0. The molecule has 1 heterocycles. The number of halogens is 3. The molecule has 0 bridgehead atoms. The Morgan fingerprint density at radius 1 is 0.351 bits per heavy atom. The highest BCUT2D eigenvalue weighted by atomic mass is 19.4. The number of rotatable bonds is 4. The first-order valence-corrected chi connectivity index (χ1v) is 18.8. The fourth-order valence-electron chi connectivity index (χ4n) is 8.86. The number of fused-ring (bicyclic) bond motifs is 7. The number of alkyl halides is 3. The molecule has 11 aromatic rings. The molecule has 0 saturated heterocycles. The highest BCUT2D eigenvalue weighted by Crippen LogP contribution is 2.47. The minimum absolute atomic E-state index is 0.632. The van der Waals surface area contributed by atoms with Crippen molar-refractivity contribution in [2.45, 2.75) is 6.18 Å². The Morgan fingerprint density at radius 3 is 1.26 bits per heavy atom. The maximum Gasteiger partial charge on any atom is 0.416 e. The van der Waals surface area contributed by atoms with Crippen LogP contribution in [0.2, 0.25) is 0 Å². The van der Waals surface area contributed by atoms with Crippen molar-refractivity contribution in [1.29, 1.82) is 0 Å². The maximum absolute atomic E-state index is 13.5. The number of hydrogen-bond donors (Lipinski definition) is 0. The van der Waals surface area contributed by atoms with Gasteiger partial charge < -0.3 is 4.42 Å². The predicted molar refractivity (Wildman–Crippen MR) is 228 cm³/mol. The van der Waals surface area contributed by atoms with Gasteiger partial charge in [0.1, 0.15) is 5.58 Å². The standard InChI is InChI=1S/C53H29F3O/c54-53(55,56)36-26-22-33(23-27-36)50-40-16-6-10-20-44(40)52(45-21-11-7-17-41(45)50)35-24-28-37-46-30-34(25-29-47(46)57-48(37)31-35)51-42-18-8-4-14-38(42)49(32-12-2-1-3-13-32)39-15-5-9-19-43(39)51/h1-24,26-28,30-31H. The minimum Gasteiger partial charge on any atom is -0.447 e. The zero-order valence-electron chi connectivity index (χ0n) is 30.3. The van der Waals surface area contributed by atoms with Crippen LogP contribution in [0.15, 0.2) is 180 Å². The third kappa shape index (κ3) is 5.20. The van der Waals surface area contributed by atoms with Gasteiger partial charge >= 0.3 is 6.18 Å². The summed E-state index contributed by atoms with van der Waals surface area (Å²) < 4.78 is 47.1. The van der Waals surface area contributed by atoms with Gasteiger partial charge in [-0.1, -0.05) is 152 Å². The van der Waals surface area contributed by atoms with Crippen molar-refractivity contribution in [3.63, 3.8) is 0 Å². The highest BCUT2D eigenvalue weighted by Gasteiger charge is 2.30. The number of benzene rings is 9. The molecule has 268 valence electrons. The van der Waals surface area contributed by atoms with Crippen LogP contribution in [0.3, 0.4) is 0 Å². The Labute approximate surface area is 325 Å². The first-order valence-electron chi connectivity index (χ1n) is 18.8. The SMILES string of the molecule is FC(F)(F)c1ccc(-c2c3ccccc3c(-c3ccc4c(c3)oc3c#cc(-c5c6ccccc6c(-c6ccccc6)c6ccccc56)cc34)c3ccccc23)cc1. The Bertz CT molecular complexity index is 3260. The minimum atomic E-state index is -4.41. The van der Waals surface area contributed by atoms with Crippen LogP contribution in [0.1, 0.15) is 5.56 Å². The van der Waals surface area contributed by atoms with Crippen LogP contribution in [-0.4, -0.2) is 0 Å².